The van der Waals surface area contributed by atoms with E-state index in [0.29, 0.717) is 41.1 Å². The van der Waals surface area contributed by atoms with Crippen LogP contribution in [0.3, 0.4) is 0 Å². The Labute approximate surface area is 159 Å². The van der Waals surface area contributed by atoms with Gasteiger partial charge >= 0.3 is 0 Å². The summed E-state index contributed by atoms with van der Waals surface area (Å²) in [5.41, 5.74) is 0.605. The van der Waals surface area contributed by atoms with Gasteiger partial charge in [0.1, 0.15) is 0 Å². The first-order valence-electron chi connectivity index (χ1n) is 8.27. The molecular weight excluding hydrogens is 363 g/mol. The van der Waals surface area contributed by atoms with Gasteiger partial charge in [0.05, 0.1) is 12.6 Å². The van der Waals surface area contributed by atoms with Crippen molar-refractivity contribution in [2.75, 3.05) is 19.6 Å². The van der Waals surface area contributed by atoms with E-state index in [2.05, 4.69) is 20.9 Å². The van der Waals surface area contributed by atoms with Gasteiger partial charge in [0, 0.05) is 35.6 Å². The third-order valence-corrected chi connectivity index (χ3v) is 3.57. The van der Waals surface area contributed by atoms with Crippen LogP contribution in [0.4, 0.5) is 0 Å². The number of hydrogen-bond acceptors (Lipinski definition) is 3. The van der Waals surface area contributed by atoms with Crippen LogP contribution in [0, 0.1) is 0 Å². The molecule has 0 aliphatic carbocycles. The number of benzene rings is 1. The summed E-state index contributed by atoms with van der Waals surface area (Å²) in [7, 11) is 0. The third-order valence-electron chi connectivity index (χ3n) is 3.13. The largest absolute Gasteiger partial charge is 0.386 e. The maximum absolute atomic E-state index is 11.6. The zero-order valence-electron chi connectivity index (χ0n) is 14.8. The molecule has 8 heteroatoms. The highest BCUT2D eigenvalue weighted by Crippen LogP contribution is 2.23. The van der Waals surface area contributed by atoms with Crippen LogP contribution in [0.15, 0.2) is 23.2 Å². The van der Waals surface area contributed by atoms with E-state index in [9.17, 15) is 9.90 Å². The molecule has 0 radical (unpaired) electrons. The molecule has 0 aliphatic heterocycles. The van der Waals surface area contributed by atoms with Crippen molar-refractivity contribution in [1.29, 1.82) is 0 Å². The summed E-state index contributed by atoms with van der Waals surface area (Å²) in [6, 6.07) is 5.04. The number of aliphatic imine (C=N–C) groups is 1. The lowest BCUT2D eigenvalue weighted by molar-refractivity contribution is -0.121. The highest BCUT2D eigenvalue weighted by atomic mass is 35.5. The lowest BCUT2D eigenvalue weighted by atomic mass is 10.1. The fraction of sp³-hybridized carbons (Fsp3) is 0.529. The molecule has 0 heterocycles. The van der Waals surface area contributed by atoms with Crippen LogP contribution in [-0.4, -0.2) is 42.6 Å². The smallest absolute Gasteiger partial charge is 0.221 e. The molecule has 1 unspecified atom stereocenters. The van der Waals surface area contributed by atoms with Gasteiger partial charge < -0.3 is 21.1 Å². The van der Waals surface area contributed by atoms with E-state index in [1.807, 2.05) is 20.8 Å². The Morgan fingerprint density at radius 3 is 2.40 bits per heavy atom. The summed E-state index contributed by atoms with van der Waals surface area (Å²) in [4.78, 5) is 16.0. The van der Waals surface area contributed by atoms with Gasteiger partial charge in [-0.2, -0.15) is 0 Å². The van der Waals surface area contributed by atoms with Crippen molar-refractivity contribution in [3.8, 4) is 0 Å². The van der Waals surface area contributed by atoms with Crippen molar-refractivity contribution in [2.24, 2.45) is 4.99 Å². The Kier molecular flexibility index (Phi) is 9.63. The molecule has 6 nitrogen and oxygen atoms in total. The number of hydrogen-bond donors (Lipinski definition) is 4. The van der Waals surface area contributed by atoms with E-state index in [1.54, 1.807) is 18.2 Å². The summed E-state index contributed by atoms with van der Waals surface area (Å²) in [6.07, 6.45) is -0.481. The maximum atomic E-state index is 11.6. The molecule has 0 bridgehead atoms. The number of halogens is 2. The second-order valence-corrected chi connectivity index (χ2v) is 6.71. The highest BCUT2D eigenvalue weighted by Gasteiger charge is 2.10. The van der Waals surface area contributed by atoms with Crippen molar-refractivity contribution in [2.45, 2.75) is 39.3 Å². The van der Waals surface area contributed by atoms with Crippen molar-refractivity contribution >= 4 is 35.1 Å². The number of nitrogens with one attached hydrogen (secondary N) is 3. The number of rotatable bonds is 8. The Hall–Kier alpha value is -1.50. The van der Waals surface area contributed by atoms with Crippen molar-refractivity contribution < 1.29 is 9.90 Å². The molecule has 0 aliphatic rings. The topological polar surface area (TPSA) is 85.8 Å². The molecule has 0 saturated heterocycles. The van der Waals surface area contributed by atoms with Crippen molar-refractivity contribution in [3.63, 3.8) is 0 Å². The van der Waals surface area contributed by atoms with Gasteiger partial charge in [0.15, 0.2) is 5.96 Å². The molecule has 4 N–H and O–H groups in total. The van der Waals surface area contributed by atoms with E-state index in [0.717, 1.165) is 0 Å². The molecule has 1 aromatic rings. The Morgan fingerprint density at radius 1 is 1.20 bits per heavy atom. The average Bonchev–Trinajstić information content (AvgIpc) is 2.50. The van der Waals surface area contributed by atoms with E-state index in [1.165, 1.54) is 0 Å². The standard InChI is InChI=1S/C17H26Cl2N4O2/c1-4-20-17(21-6-5-16(25)23-11(2)3)22-10-15(24)12-7-13(18)9-14(19)8-12/h7-9,11,15,24H,4-6,10H2,1-3H3,(H,23,25)(H2,20,21,22). The second kappa shape index (κ2) is 11.2. The summed E-state index contributed by atoms with van der Waals surface area (Å²) in [5.74, 6) is 0.513. The van der Waals surface area contributed by atoms with Gasteiger partial charge in [-0.05, 0) is 44.5 Å². The van der Waals surface area contributed by atoms with Crippen LogP contribution in [0.1, 0.15) is 38.9 Å². The van der Waals surface area contributed by atoms with E-state index >= 15 is 0 Å². The minimum absolute atomic E-state index is 0.0213. The molecule has 1 amide bonds. The number of guanidine groups is 1. The maximum Gasteiger partial charge on any atom is 0.221 e. The van der Waals surface area contributed by atoms with Crippen LogP contribution >= 0.6 is 23.2 Å². The summed E-state index contributed by atoms with van der Waals surface area (Å²) in [6.45, 7) is 7.04. The molecule has 0 spiro atoms. The lowest BCUT2D eigenvalue weighted by Gasteiger charge is -2.14. The first-order chi connectivity index (χ1) is 11.8. The monoisotopic (exact) mass is 388 g/mol. The zero-order valence-corrected chi connectivity index (χ0v) is 16.3. The number of carbonyl (C=O) groups is 1. The summed E-state index contributed by atoms with van der Waals surface area (Å²) in [5, 5.41) is 20.2. The summed E-state index contributed by atoms with van der Waals surface area (Å²) < 4.78 is 0. The van der Waals surface area contributed by atoms with E-state index < -0.39 is 6.10 Å². The molecular formula is C17H26Cl2N4O2. The minimum Gasteiger partial charge on any atom is -0.386 e. The van der Waals surface area contributed by atoms with Gasteiger partial charge in [-0.1, -0.05) is 23.2 Å². The molecule has 1 rings (SSSR count). The fourth-order valence-corrected chi connectivity index (χ4v) is 2.62. The Morgan fingerprint density at radius 2 is 1.84 bits per heavy atom. The van der Waals surface area contributed by atoms with Gasteiger partial charge in [0.2, 0.25) is 5.91 Å². The SMILES string of the molecule is CCNC(=NCC(O)c1cc(Cl)cc(Cl)c1)NCCC(=O)NC(C)C. The van der Waals surface area contributed by atoms with Crippen LogP contribution in [0.5, 0.6) is 0 Å². The number of amides is 1. The van der Waals surface area contributed by atoms with Crippen LogP contribution in [0.25, 0.3) is 0 Å². The van der Waals surface area contributed by atoms with E-state index in [-0.39, 0.29) is 18.5 Å². The number of nitrogens with zero attached hydrogens (tertiary/aromatic N) is 1. The van der Waals surface area contributed by atoms with Gasteiger partial charge in [-0.15, -0.1) is 0 Å². The van der Waals surface area contributed by atoms with E-state index in [4.69, 9.17) is 23.2 Å². The van der Waals surface area contributed by atoms with Crippen LogP contribution in [-0.2, 0) is 4.79 Å². The normalized spacial score (nSPS) is 12.8. The average molecular weight is 389 g/mol. The molecule has 25 heavy (non-hydrogen) atoms. The molecule has 1 aromatic carbocycles. The number of carbonyl (C=O) groups excluding carboxylic acids is 1. The van der Waals surface area contributed by atoms with Crippen LogP contribution < -0.4 is 16.0 Å². The summed E-state index contributed by atoms with van der Waals surface area (Å²) >= 11 is 11.9. The lowest BCUT2D eigenvalue weighted by Crippen LogP contribution is -2.40. The first-order valence-corrected chi connectivity index (χ1v) is 9.03. The van der Waals surface area contributed by atoms with Gasteiger partial charge in [0.25, 0.3) is 0 Å². The first kappa shape index (κ1) is 21.5. The predicted molar refractivity (Wildman–Crippen MR) is 103 cm³/mol. The highest BCUT2D eigenvalue weighted by molar-refractivity contribution is 6.34. The van der Waals surface area contributed by atoms with Crippen LogP contribution in [0.2, 0.25) is 10.0 Å². The number of aliphatic hydroxyl groups is 1. The second-order valence-electron chi connectivity index (χ2n) is 5.84. The molecule has 0 fully saturated rings. The Bertz CT molecular complexity index is 574. The fourth-order valence-electron chi connectivity index (χ4n) is 2.08. The zero-order chi connectivity index (χ0) is 18.8. The predicted octanol–water partition coefficient (Wildman–Crippen LogP) is 2.50. The molecule has 140 valence electrons. The number of aliphatic hydroxyl groups excluding tert-OH is 1. The van der Waals surface area contributed by atoms with Crippen molar-refractivity contribution in [1.82, 2.24) is 16.0 Å². The van der Waals surface area contributed by atoms with Crippen molar-refractivity contribution in [3.05, 3.63) is 33.8 Å². The quantitative estimate of drug-likeness (QED) is 0.407. The third kappa shape index (κ3) is 8.95. The molecule has 1 atom stereocenters. The molecule has 0 aromatic heterocycles. The van der Waals surface area contributed by atoms with Gasteiger partial charge in [-0.25, -0.2) is 0 Å². The Balaban J connectivity index is 2.57. The molecule has 0 saturated carbocycles. The van der Waals surface area contributed by atoms with Gasteiger partial charge in [-0.3, -0.25) is 9.79 Å². The minimum atomic E-state index is -0.823.